The van der Waals surface area contributed by atoms with E-state index in [1.54, 1.807) is 4.90 Å². The summed E-state index contributed by atoms with van der Waals surface area (Å²) in [6, 6.07) is 9.28. The van der Waals surface area contributed by atoms with E-state index in [-0.39, 0.29) is 5.41 Å². The molecule has 0 radical (unpaired) electrons. The summed E-state index contributed by atoms with van der Waals surface area (Å²) < 4.78 is 0. The number of aldehydes is 1. The van der Waals surface area contributed by atoms with E-state index < -0.39 is 0 Å². The number of para-hydroxylation sites is 1. The second kappa shape index (κ2) is 4.11. The number of benzene rings is 1. The highest BCUT2D eigenvalue weighted by atomic mass is 16.1. The van der Waals surface area contributed by atoms with Crippen LogP contribution in [0.3, 0.4) is 0 Å². The van der Waals surface area contributed by atoms with E-state index in [1.807, 2.05) is 0 Å². The summed E-state index contributed by atoms with van der Waals surface area (Å²) in [5.74, 6) is 0.333. The van der Waals surface area contributed by atoms with Gasteiger partial charge in [-0.05, 0) is 24.1 Å². The molecule has 1 spiro atoms. The average Bonchev–Trinajstić information content (AvgIpc) is 3.11. The lowest BCUT2D eigenvalue weighted by Gasteiger charge is -2.45. The normalized spacial score (nSPS) is 39.5. The number of carbonyl (C=O) groups excluding carboxylic acids is 1. The zero-order valence-corrected chi connectivity index (χ0v) is 12.9. The maximum atomic E-state index is 12.0. The Labute approximate surface area is 130 Å². The quantitative estimate of drug-likeness (QED) is 0.607. The summed E-state index contributed by atoms with van der Waals surface area (Å²) >= 11 is 0. The summed E-state index contributed by atoms with van der Waals surface area (Å²) in [5, 5.41) is 3.64. The first-order chi connectivity index (χ1) is 10.8. The van der Waals surface area contributed by atoms with Gasteiger partial charge in [0.2, 0.25) is 0 Å². The van der Waals surface area contributed by atoms with Crippen LogP contribution in [0.15, 0.2) is 47.2 Å². The molecule has 2 saturated heterocycles. The molecule has 0 saturated carbocycles. The van der Waals surface area contributed by atoms with Crippen LogP contribution < -0.4 is 10.2 Å². The van der Waals surface area contributed by atoms with Crippen LogP contribution in [0.4, 0.5) is 5.69 Å². The molecule has 22 heavy (non-hydrogen) atoms. The Balaban J connectivity index is 1.83. The van der Waals surface area contributed by atoms with E-state index in [0.29, 0.717) is 12.0 Å². The van der Waals surface area contributed by atoms with Crippen LogP contribution in [0, 0.1) is 5.92 Å². The van der Waals surface area contributed by atoms with Gasteiger partial charge in [-0.25, -0.2) is 0 Å². The molecule has 112 valence electrons. The fourth-order valence-corrected chi connectivity index (χ4v) is 5.67. The number of piperidine rings is 1. The number of rotatable bonds is 1. The maximum Gasteiger partial charge on any atom is 0.148 e. The van der Waals surface area contributed by atoms with Gasteiger partial charge >= 0.3 is 0 Å². The molecule has 0 aromatic heterocycles. The summed E-state index contributed by atoms with van der Waals surface area (Å²) in [7, 11) is 0. The van der Waals surface area contributed by atoms with Crippen molar-refractivity contribution >= 4 is 12.0 Å². The molecule has 4 aliphatic rings. The van der Waals surface area contributed by atoms with Gasteiger partial charge in [-0.15, -0.1) is 0 Å². The van der Waals surface area contributed by atoms with Gasteiger partial charge in [0.25, 0.3) is 0 Å². The molecular weight excluding hydrogens is 272 g/mol. The summed E-state index contributed by atoms with van der Waals surface area (Å²) in [5.41, 5.74) is 6.40. The van der Waals surface area contributed by atoms with E-state index in [1.165, 1.54) is 29.1 Å². The van der Waals surface area contributed by atoms with E-state index in [0.717, 1.165) is 31.2 Å². The number of hydrogen-bond donors (Lipinski definition) is 2. The molecule has 1 aromatic carbocycles. The lowest BCUT2D eigenvalue weighted by Crippen LogP contribution is -3.16. The Kier molecular flexibility index (Phi) is 2.36. The van der Waals surface area contributed by atoms with Crippen LogP contribution >= 0.6 is 0 Å². The molecule has 1 unspecified atom stereocenters. The van der Waals surface area contributed by atoms with Gasteiger partial charge in [0.1, 0.15) is 12.3 Å². The van der Waals surface area contributed by atoms with Gasteiger partial charge in [-0.3, -0.25) is 4.79 Å². The molecular formula is C19H21N2O+. The Bertz CT molecular complexity index is 748. The monoisotopic (exact) mass is 293 g/mol. The Hall–Kier alpha value is -1.87. The van der Waals surface area contributed by atoms with Gasteiger partial charge in [-0.1, -0.05) is 24.3 Å². The van der Waals surface area contributed by atoms with Gasteiger partial charge in [-0.2, -0.15) is 0 Å². The molecule has 2 bridgehead atoms. The van der Waals surface area contributed by atoms with Crippen molar-refractivity contribution in [2.75, 3.05) is 18.4 Å². The van der Waals surface area contributed by atoms with Crippen molar-refractivity contribution in [3.8, 4) is 0 Å². The molecule has 0 amide bonds. The van der Waals surface area contributed by atoms with Crippen LogP contribution in [0.25, 0.3) is 0 Å². The van der Waals surface area contributed by atoms with E-state index >= 15 is 0 Å². The standard InChI is InChI=1S/C19H20N2O/c1-2-12-10-21-8-7-19-15-5-3-4-6-16(15)20-18(19)14(11-22)13(12)9-17(19)21/h2-6,11,13,17,20H,7-10H2,1H3/p+1/b12-2-/t13-,17-,19-/m0/s1. The lowest BCUT2D eigenvalue weighted by molar-refractivity contribution is -0.914. The largest absolute Gasteiger partial charge is 0.357 e. The van der Waals surface area contributed by atoms with Gasteiger partial charge in [0, 0.05) is 35.7 Å². The fourth-order valence-electron chi connectivity index (χ4n) is 5.67. The first-order valence-corrected chi connectivity index (χ1v) is 8.35. The first kappa shape index (κ1) is 12.7. The smallest absolute Gasteiger partial charge is 0.148 e. The van der Waals surface area contributed by atoms with Crippen molar-refractivity contribution in [2.45, 2.75) is 31.2 Å². The second-order valence-electron chi connectivity index (χ2n) is 7.13. The first-order valence-electron chi connectivity index (χ1n) is 8.35. The molecule has 3 heterocycles. The van der Waals surface area contributed by atoms with Crippen molar-refractivity contribution in [3.05, 3.63) is 52.7 Å². The predicted molar refractivity (Wildman–Crippen MR) is 85.8 cm³/mol. The number of carbonyl (C=O) groups is 1. The zero-order chi connectivity index (χ0) is 14.9. The minimum atomic E-state index is 0.0674. The highest BCUT2D eigenvalue weighted by Crippen LogP contribution is 2.56. The lowest BCUT2D eigenvalue weighted by atomic mass is 9.62. The minimum Gasteiger partial charge on any atom is -0.357 e. The van der Waals surface area contributed by atoms with Crippen molar-refractivity contribution in [1.82, 2.24) is 0 Å². The fraction of sp³-hybridized carbons (Fsp3) is 0.421. The third-order valence-electron chi connectivity index (χ3n) is 6.55. The molecule has 3 aliphatic heterocycles. The predicted octanol–water partition coefficient (Wildman–Crippen LogP) is 1.44. The maximum absolute atomic E-state index is 12.0. The van der Waals surface area contributed by atoms with Crippen molar-refractivity contribution in [1.29, 1.82) is 0 Å². The summed E-state index contributed by atoms with van der Waals surface area (Å²) in [6.07, 6.45) is 5.66. The molecule has 4 atom stereocenters. The molecule has 1 aromatic rings. The molecule has 5 rings (SSSR count). The molecule has 1 aliphatic carbocycles. The van der Waals surface area contributed by atoms with E-state index in [2.05, 4.69) is 42.6 Å². The Morgan fingerprint density at radius 2 is 2.23 bits per heavy atom. The number of quaternary nitrogens is 1. The van der Waals surface area contributed by atoms with Crippen LogP contribution in [0.1, 0.15) is 25.3 Å². The summed E-state index contributed by atoms with van der Waals surface area (Å²) in [4.78, 5) is 13.7. The van der Waals surface area contributed by atoms with Gasteiger partial charge < -0.3 is 10.2 Å². The number of allylic oxidation sites excluding steroid dienone is 2. The van der Waals surface area contributed by atoms with Crippen LogP contribution in [0.2, 0.25) is 0 Å². The van der Waals surface area contributed by atoms with Gasteiger partial charge in [0.15, 0.2) is 0 Å². The SMILES string of the molecule is C/C=C1/C[NH+]2CC[C@@]34C(=C(C=O)[C@H]1C[C@H]23)Nc1ccccc14. The third kappa shape index (κ3) is 1.25. The van der Waals surface area contributed by atoms with E-state index in [9.17, 15) is 4.79 Å². The molecule has 2 N–H and O–H groups in total. The topological polar surface area (TPSA) is 33.5 Å². The molecule has 3 heteroatoms. The van der Waals surface area contributed by atoms with Crippen LogP contribution in [0.5, 0.6) is 0 Å². The Morgan fingerprint density at radius 1 is 1.36 bits per heavy atom. The third-order valence-corrected chi connectivity index (χ3v) is 6.55. The Morgan fingerprint density at radius 3 is 3.05 bits per heavy atom. The number of hydrogen-bond acceptors (Lipinski definition) is 2. The van der Waals surface area contributed by atoms with E-state index in [4.69, 9.17) is 0 Å². The molecule has 3 nitrogen and oxygen atoms in total. The highest BCUT2D eigenvalue weighted by molar-refractivity contribution is 5.84. The minimum absolute atomic E-state index is 0.0674. The van der Waals surface area contributed by atoms with Crippen molar-refractivity contribution in [2.24, 2.45) is 5.92 Å². The zero-order valence-electron chi connectivity index (χ0n) is 12.9. The van der Waals surface area contributed by atoms with Gasteiger partial charge in [0.05, 0.1) is 18.5 Å². The number of anilines is 1. The van der Waals surface area contributed by atoms with Crippen LogP contribution in [-0.2, 0) is 10.2 Å². The van der Waals surface area contributed by atoms with Crippen LogP contribution in [-0.4, -0.2) is 25.4 Å². The van der Waals surface area contributed by atoms with Crippen molar-refractivity contribution < 1.29 is 9.69 Å². The average molecular weight is 293 g/mol. The second-order valence-corrected chi connectivity index (χ2v) is 7.13. The number of nitrogens with one attached hydrogen (secondary N) is 2. The molecule has 2 fully saturated rings. The highest BCUT2D eigenvalue weighted by Gasteiger charge is 2.63. The van der Waals surface area contributed by atoms with Crippen molar-refractivity contribution in [3.63, 3.8) is 0 Å². The number of fused-ring (bicyclic) bond motifs is 2. The summed E-state index contributed by atoms with van der Waals surface area (Å²) in [6.45, 7) is 4.44.